The number of methoxy groups -OCH3 is 1. The Kier molecular flexibility index (Phi) is 4.98. The Balaban J connectivity index is 2.41. The molecule has 0 radical (unpaired) electrons. The van der Waals surface area contributed by atoms with Gasteiger partial charge in [0.15, 0.2) is 0 Å². The molecule has 1 aromatic carbocycles. The average molecular weight is 317 g/mol. The lowest BCUT2D eigenvalue weighted by molar-refractivity contribution is 0.0571. The molecule has 0 aliphatic carbocycles. The first-order chi connectivity index (χ1) is 9.90. The fourth-order valence-corrected chi connectivity index (χ4v) is 4.32. The van der Waals surface area contributed by atoms with Crippen molar-refractivity contribution in [1.82, 2.24) is 4.31 Å². The van der Waals surface area contributed by atoms with E-state index in [0.29, 0.717) is 13.0 Å². The van der Waals surface area contributed by atoms with E-state index in [1.54, 1.807) is 7.11 Å². The van der Waals surface area contributed by atoms with Gasteiger partial charge in [0.05, 0.1) is 17.6 Å². The molecular weight excluding hydrogens is 297 g/mol. The van der Waals surface area contributed by atoms with E-state index in [2.05, 4.69) is 0 Å². The predicted octanol–water partition coefficient (Wildman–Crippen LogP) is 1.43. The summed E-state index contributed by atoms with van der Waals surface area (Å²) < 4.78 is 45.8. The van der Waals surface area contributed by atoms with Crippen LogP contribution in [0.2, 0.25) is 0 Å². The van der Waals surface area contributed by atoms with Gasteiger partial charge in [-0.25, -0.2) is 12.8 Å². The van der Waals surface area contributed by atoms with E-state index in [9.17, 15) is 12.8 Å². The van der Waals surface area contributed by atoms with Crippen LogP contribution in [0.4, 0.5) is 4.39 Å². The van der Waals surface area contributed by atoms with E-state index in [1.165, 1.54) is 17.3 Å². The highest BCUT2D eigenvalue weighted by Crippen LogP contribution is 2.26. The molecule has 1 atom stereocenters. The minimum absolute atomic E-state index is 0.0757. The molecule has 0 bridgehead atoms. The van der Waals surface area contributed by atoms with Crippen LogP contribution < -0.4 is 0 Å². The molecule has 5 nitrogen and oxygen atoms in total. The fraction of sp³-hybridized carbons (Fsp3) is 0.571. The molecule has 7 heteroatoms. The number of hydrogen-bond acceptors (Lipinski definition) is 4. The molecule has 0 aromatic heterocycles. The number of piperidine rings is 1. The largest absolute Gasteiger partial charge is 0.392 e. The molecule has 21 heavy (non-hydrogen) atoms. The lowest BCUT2D eigenvalue weighted by Gasteiger charge is -2.31. The number of nitrogens with zero attached hydrogens (tertiary/aromatic N) is 1. The number of rotatable bonds is 4. The van der Waals surface area contributed by atoms with Crippen molar-refractivity contribution < 1.29 is 22.7 Å². The molecule has 1 unspecified atom stereocenters. The summed E-state index contributed by atoms with van der Waals surface area (Å²) in [6.45, 7) is 1.69. The second-order valence-electron chi connectivity index (χ2n) is 5.22. The van der Waals surface area contributed by atoms with Crippen LogP contribution in [0.3, 0.4) is 0 Å². The van der Waals surface area contributed by atoms with E-state index < -0.39 is 22.4 Å². The Morgan fingerprint density at radius 3 is 2.81 bits per heavy atom. The maximum absolute atomic E-state index is 13.8. The van der Waals surface area contributed by atoms with Gasteiger partial charge in [0.1, 0.15) is 5.82 Å². The maximum atomic E-state index is 13.8. The Hall–Kier alpha value is -1.02. The van der Waals surface area contributed by atoms with Gasteiger partial charge in [0.25, 0.3) is 0 Å². The summed E-state index contributed by atoms with van der Waals surface area (Å²) in [5, 5.41) is 9.14. The minimum atomic E-state index is -3.79. The zero-order chi connectivity index (χ0) is 15.6. The van der Waals surface area contributed by atoms with Gasteiger partial charge in [-0.05, 0) is 37.5 Å². The monoisotopic (exact) mass is 317 g/mol. The lowest BCUT2D eigenvalue weighted by atomic mass is 10.1. The third-order valence-corrected chi connectivity index (χ3v) is 5.82. The average Bonchev–Trinajstić information content (AvgIpc) is 2.49. The highest BCUT2D eigenvalue weighted by Gasteiger charge is 2.32. The van der Waals surface area contributed by atoms with Gasteiger partial charge in [-0.3, -0.25) is 0 Å². The van der Waals surface area contributed by atoms with Gasteiger partial charge in [-0.1, -0.05) is 0 Å². The number of hydrogen-bond donors (Lipinski definition) is 1. The summed E-state index contributed by atoms with van der Waals surface area (Å²) in [5.41, 5.74) is 0.323. The van der Waals surface area contributed by atoms with Gasteiger partial charge in [-0.15, -0.1) is 0 Å². The molecule has 0 saturated carbocycles. The SMILES string of the molecule is COC1CCCN(S(=O)(=O)c2cc(CO)cc(F)c2C)C1. The molecule has 1 saturated heterocycles. The van der Waals surface area contributed by atoms with Gasteiger partial charge in [-0.2, -0.15) is 4.31 Å². The first-order valence-corrected chi connectivity index (χ1v) is 8.27. The Morgan fingerprint density at radius 2 is 2.19 bits per heavy atom. The lowest BCUT2D eigenvalue weighted by Crippen LogP contribution is -2.43. The summed E-state index contributed by atoms with van der Waals surface area (Å²) in [6.07, 6.45) is 1.38. The molecule has 2 rings (SSSR count). The first-order valence-electron chi connectivity index (χ1n) is 6.83. The van der Waals surface area contributed by atoms with Crippen LogP contribution in [0.5, 0.6) is 0 Å². The van der Waals surface area contributed by atoms with Crippen LogP contribution in [0.25, 0.3) is 0 Å². The Morgan fingerprint density at radius 1 is 1.48 bits per heavy atom. The second-order valence-corrected chi connectivity index (χ2v) is 7.13. The van der Waals surface area contributed by atoms with Crippen molar-refractivity contribution >= 4 is 10.0 Å². The molecule has 118 valence electrons. The summed E-state index contributed by atoms with van der Waals surface area (Å²) in [5.74, 6) is -0.625. The first kappa shape index (κ1) is 16.4. The minimum Gasteiger partial charge on any atom is -0.392 e. The van der Waals surface area contributed by atoms with Crippen LogP contribution in [0, 0.1) is 12.7 Å². The normalized spacial score (nSPS) is 20.7. The zero-order valence-corrected chi connectivity index (χ0v) is 13.0. The van der Waals surface area contributed by atoms with Crippen LogP contribution in [0.15, 0.2) is 17.0 Å². The molecule has 1 aromatic rings. The van der Waals surface area contributed by atoms with Crippen molar-refractivity contribution in [2.75, 3.05) is 20.2 Å². The molecule has 0 spiro atoms. The van der Waals surface area contributed by atoms with E-state index >= 15 is 0 Å². The van der Waals surface area contributed by atoms with Gasteiger partial charge >= 0.3 is 0 Å². The summed E-state index contributed by atoms with van der Waals surface area (Å²) in [4.78, 5) is -0.0803. The summed E-state index contributed by atoms with van der Waals surface area (Å²) >= 11 is 0. The highest BCUT2D eigenvalue weighted by atomic mass is 32.2. The molecule has 1 fully saturated rings. The molecule has 1 heterocycles. The third-order valence-electron chi connectivity index (χ3n) is 3.83. The van der Waals surface area contributed by atoms with Gasteiger partial charge in [0, 0.05) is 25.8 Å². The van der Waals surface area contributed by atoms with E-state index in [0.717, 1.165) is 12.5 Å². The van der Waals surface area contributed by atoms with Crippen molar-refractivity contribution in [2.24, 2.45) is 0 Å². The van der Waals surface area contributed by atoms with Crippen molar-refractivity contribution in [2.45, 2.75) is 37.4 Å². The van der Waals surface area contributed by atoms with Crippen molar-refractivity contribution in [3.8, 4) is 0 Å². The zero-order valence-electron chi connectivity index (χ0n) is 12.2. The number of benzene rings is 1. The predicted molar refractivity (Wildman–Crippen MR) is 75.8 cm³/mol. The van der Waals surface area contributed by atoms with Crippen LogP contribution >= 0.6 is 0 Å². The summed E-state index contributed by atoms with van der Waals surface area (Å²) in [6, 6.07) is 2.49. The van der Waals surface area contributed by atoms with Crippen LogP contribution in [-0.4, -0.2) is 44.1 Å². The number of sulfonamides is 1. The Bertz CT molecular complexity index is 618. The number of aliphatic hydroxyl groups excluding tert-OH is 1. The van der Waals surface area contributed by atoms with Crippen molar-refractivity contribution in [3.63, 3.8) is 0 Å². The standard InChI is InChI=1S/C14H20FNO4S/c1-10-13(15)6-11(9-17)7-14(10)21(18,19)16-5-3-4-12(8-16)20-2/h6-7,12,17H,3-5,8-9H2,1-2H3. The summed E-state index contributed by atoms with van der Waals surface area (Å²) in [7, 11) is -2.23. The van der Waals surface area contributed by atoms with Crippen molar-refractivity contribution in [1.29, 1.82) is 0 Å². The Labute approximate surface area is 124 Å². The molecule has 0 amide bonds. The van der Waals surface area contributed by atoms with E-state index in [4.69, 9.17) is 9.84 Å². The van der Waals surface area contributed by atoms with E-state index in [1.807, 2.05) is 0 Å². The third kappa shape index (κ3) is 3.26. The van der Waals surface area contributed by atoms with Crippen molar-refractivity contribution in [3.05, 3.63) is 29.1 Å². The molecule has 1 aliphatic rings. The molecule has 1 aliphatic heterocycles. The van der Waals surface area contributed by atoms with Gasteiger partial charge in [0.2, 0.25) is 10.0 Å². The maximum Gasteiger partial charge on any atom is 0.243 e. The van der Waals surface area contributed by atoms with Crippen LogP contribution in [0.1, 0.15) is 24.0 Å². The van der Waals surface area contributed by atoms with E-state index in [-0.39, 0.29) is 28.7 Å². The number of ether oxygens (including phenoxy) is 1. The second kappa shape index (κ2) is 6.39. The number of halogens is 1. The number of aliphatic hydroxyl groups is 1. The fourth-order valence-electron chi connectivity index (χ4n) is 2.52. The quantitative estimate of drug-likeness (QED) is 0.912. The smallest absolute Gasteiger partial charge is 0.243 e. The van der Waals surface area contributed by atoms with Crippen LogP contribution in [-0.2, 0) is 21.4 Å². The topological polar surface area (TPSA) is 66.8 Å². The molecule has 1 N–H and O–H groups in total. The molecular formula is C14H20FNO4S. The highest BCUT2D eigenvalue weighted by molar-refractivity contribution is 7.89. The van der Waals surface area contributed by atoms with Gasteiger partial charge < -0.3 is 9.84 Å².